The van der Waals surface area contributed by atoms with Crippen LogP contribution in [0.15, 0.2) is 12.2 Å². The molecular weight excluding hydrogens is 182 g/mol. The number of hydrogen-bond acceptors (Lipinski definition) is 1. The van der Waals surface area contributed by atoms with Crippen LogP contribution < -0.4 is 5.32 Å². The summed E-state index contributed by atoms with van der Waals surface area (Å²) in [4.78, 5) is 0. The summed E-state index contributed by atoms with van der Waals surface area (Å²) in [5, 5.41) is 3.43. The molecule has 4 unspecified atom stereocenters. The van der Waals surface area contributed by atoms with Crippen LogP contribution in [0.5, 0.6) is 0 Å². The Labute approximate surface area is 95.3 Å². The van der Waals surface area contributed by atoms with Crippen LogP contribution in [-0.4, -0.2) is 13.1 Å². The Bertz CT molecular complexity index is 209. The van der Waals surface area contributed by atoms with Crippen LogP contribution in [0.1, 0.15) is 46.5 Å². The van der Waals surface area contributed by atoms with Gasteiger partial charge in [0.25, 0.3) is 0 Å². The second-order valence-electron chi connectivity index (χ2n) is 5.32. The maximum Gasteiger partial charge on any atom is 0.00668 e. The van der Waals surface area contributed by atoms with Gasteiger partial charge in [-0.15, -0.1) is 0 Å². The molecule has 0 radical (unpaired) electrons. The topological polar surface area (TPSA) is 12.0 Å². The Hall–Kier alpha value is -0.300. The molecule has 1 N–H and O–H groups in total. The third kappa shape index (κ3) is 3.07. The summed E-state index contributed by atoms with van der Waals surface area (Å²) in [5.41, 5.74) is 1.36. The number of nitrogens with one attached hydrogen (secondary N) is 1. The van der Waals surface area contributed by atoms with Gasteiger partial charge in [-0.05, 0) is 51.5 Å². The molecule has 0 spiro atoms. The highest BCUT2D eigenvalue weighted by Gasteiger charge is 2.32. The number of allylic oxidation sites excluding steroid dienone is 1. The molecule has 1 fully saturated rings. The van der Waals surface area contributed by atoms with E-state index in [4.69, 9.17) is 0 Å². The molecule has 0 saturated heterocycles. The fourth-order valence-electron chi connectivity index (χ4n) is 3.01. The minimum atomic E-state index is 0.650. The summed E-state index contributed by atoms with van der Waals surface area (Å²) in [6.07, 6.45) is 5.61. The third-order valence-corrected chi connectivity index (χ3v) is 4.39. The summed E-state index contributed by atoms with van der Waals surface area (Å²) < 4.78 is 0. The van der Waals surface area contributed by atoms with Crippen molar-refractivity contribution in [3.63, 3.8) is 0 Å². The maximum atomic E-state index is 4.13. The lowest BCUT2D eigenvalue weighted by molar-refractivity contribution is 0.154. The van der Waals surface area contributed by atoms with E-state index in [-0.39, 0.29) is 0 Å². The molecule has 1 aliphatic rings. The summed E-state index contributed by atoms with van der Waals surface area (Å²) >= 11 is 0. The van der Waals surface area contributed by atoms with Crippen molar-refractivity contribution in [2.24, 2.45) is 17.8 Å². The molecule has 0 heterocycles. The molecule has 4 atom stereocenters. The lowest BCUT2D eigenvalue weighted by Crippen LogP contribution is -2.39. The van der Waals surface area contributed by atoms with Gasteiger partial charge in [-0.2, -0.15) is 0 Å². The predicted octanol–water partition coefficient (Wildman–Crippen LogP) is 3.61. The van der Waals surface area contributed by atoms with Crippen molar-refractivity contribution >= 4 is 0 Å². The van der Waals surface area contributed by atoms with Gasteiger partial charge in [0.15, 0.2) is 0 Å². The maximum absolute atomic E-state index is 4.13. The first kappa shape index (κ1) is 12.8. The monoisotopic (exact) mass is 209 g/mol. The highest BCUT2D eigenvalue weighted by molar-refractivity contribution is 5.00. The fraction of sp³-hybridized carbons (Fsp3) is 0.857. The van der Waals surface area contributed by atoms with Crippen LogP contribution in [0.4, 0.5) is 0 Å². The minimum Gasteiger partial charge on any atom is -0.317 e. The van der Waals surface area contributed by atoms with Crippen molar-refractivity contribution in [2.45, 2.75) is 52.5 Å². The second kappa shape index (κ2) is 5.69. The molecule has 0 aromatic heterocycles. The average molecular weight is 209 g/mol. The van der Waals surface area contributed by atoms with Gasteiger partial charge in [0, 0.05) is 6.04 Å². The van der Waals surface area contributed by atoms with Crippen molar-refractivity contribution in [1.82, 2.24) is 5.32 Å². The minimum absolute atomic E-state index is 0.650. The van der Waals surface area contributed by atoms with Gasteiger partial charge >= 0.3 is 0 Å². The quantitative estimate of drug-likeness (QED) is 0.697. The van der Waals surface area contributed by atoms with Gasteiger partial charge in [0.2, 0.25) is 0 Å². The zero-order valence-corrected chi connectivity index (χ0v) is 10.8. The Kier molecular flexibility index (Phi) is 4.85. The summed E-state index contributed by atoms with van der Waals surface area (Å²) in [7, 11) is 2.09. The molecule has 1 aliphatic carbocycles. The van der Waals surface area contributed by atoms with E-state index in [0.29, 0.717) is 12.0 Å². The number of hydrogen-bond donors (Lipinski definition) is 1. The molecule has 0 aliphatic heterocycles. The average Bonchev–Trinajstić information content (AvgIpc) is 2.27. The van der Waals surface area contributed by atoms with E-state index in [1.165, 1.54) is 31.3 Å². The normalized spacial score (nSPS) is 30.9. The van der Waals surface area contributed by atoms with Gasteiger partial charge in [-0.3, -0.25) is 0 Å². The molecule has 1 saturated carbocycles. The van der Waals surface area contributed by atoms with E-state index in [1.54, 1.807) is 0 Å². The molecule has 1 nitrogen and oxygen atoms in total. The Morgan fingerprint density at radius 1 is 1.20 bits per heavy atom. The Morgan fingerprint density at radius 3 is 2.20 bits per heavy atom. The molecule has 1 heteroatoms. The van der Waals surface area contributed by atoms with Crippen LogP contribution in [-0.2, 0) is 0 Å². The van der Waals surface area contributed by atoms with Crippen molar-refractivity contribution < 1.29 is 0 Å². The highest BCUT2D eigenvalue weighted by Crippen LogP contribution is 2.39. The van der Waals surface area contributed by atoms with Crippen molar-refractivity contribution in [2.75, 3.05) is 7.05 Å². The smallest absolute Gasteiger partial charge is 0.00668 e. The van der Waals surface area contributed by atoms with Crippen LogP contribution in [0.2, 0.25) is 0 Å². The van der Waals surface area contributed by atoms with Gasteiger partial charge in [0.1, 0.15) is 0 Å². The zero-order valence-electron chi connectivity index (χ0n) is 10.8. The van der Waals surface area contributed by atoms with E-state index in [1.807, 2.05) is 0 Å². The summed E-state index contributed by atoms with van der Waals surface area (Å²) in [6, 6.07) is 0.650. The van der Waals surface area contributed by atoms with E-state index < -0.39 is 0 Å². The van der Waals surface area contributed by atoms with Gasteiger partial charge in [-0.25, -0.2) is 0 Å². The molecule has 0 amide bonds. The SMILES string of the molecule is C=C(C)C(C)C1CCCCC1C(C)NC. The highest BCUT2D eigenvalue weighted by atomic mass is 14.9. The van der Waals surface area contributed by atoms with Gasteiger partial charge < -0.3 is 5.32 Å². The van der Waals surface area contributed by atoms with Gasteiger partial charge in [-0.1, -0.05) is 31.9 Å². The Morgan fingerprint density at radius 2 is 1.73 bits per heavy atom. The second-order valence-corrected chi connectivity index (χ2v) is 5.32. The molecule has 88 valence electrons. The van der Waals surface area contributed by atoms with E-state index in [2.05, 4.69) is 39.7 Å². The first-order chi connectivity index (χ1) is 7.07. The fourth-order valence-corrected chi connectivity index (χ4v) is 3.01. The van der Waals surface area contributed by atoms with Crippen molar-refractivity contribution in [3.05, 3.63) is 12.2 Å². The lowest BCUT2D eigenvalue weighted by Gasteiger charge is -2.39. The first-order valence-corrected chi connectivity index (χ1v) is 6.40. The summed E-state index contributed by atoms with van der Waals surface area (Å²) in [5.74, 6) is 2.38. The van der Waals surface area contributed by atoms with Crippen LogP contribution >= 0.6 is 0 Å². The van der Waals surface area contributed by atoms with E-state index in [9.17, 15) is 0 Å². The standard InChI is InChI=1S/C14H27N/c1-10(2)11(3)13-8-6-7-9-14(13)12(4)15-5/h11-15H,1,6-9H2,2-5H3. The lowest BCUT2D eigenvalue weighted by atomic mass is 9.69. The van der Waals surface area contributed by atoms with Gasteiger partial charge in [0.05, 0.1) is 0 Å². The third-order valence-electron chi connectivity index (χ3n) is 4.39. The molecule has 15 heavy (non-hydrogen) atoms. The van der Waals surface area contributed by atoms with Crippen molar-refractivity contribution in [1.29, 1.82) is 0 Å². The van der Waals surface area contributed by atoms with Crippen molar-refractivity contribution in [3.8, 4) is 0 Å². The first-order valence-electron chi connectivity index (χ1n) is 6.40. The number of rotatable bonds is 4. The van der Waals surface area contributed by atoms with E-state index in [0.717, 1.165) is 11.8 Å². The molecule has 1 rings (SSSR count). The molecule has 0 aromatic rings. The molecule has 0 aromatic carbocycles. The summed E-state index contributed by atoms with van der Waals surface area (Å²) in [6.45, 7) is 11.0. The predicted molar refractivity (Wildman–Crippen MR) is 67.9 cm³/mol. The molecular formula is C14H27N. The van der Waals surface area contributed by atoms with Crippen LogP contribution in [0.3, 0.4) is 0 Å². The zero-order chi connectivity index (χ0) is 11.4. The Balaban J connectivity index is 2.69. The largest absolute Gasteiger partial charge is 0.317 e. The van der Waals surface area contributed by atoms with Crippen LogP contribution in [0.25, 0.3) is 0 Å². The molecule has 0 bridgehead atoms. The van der Waals surface area contributed by atoms with Crippen LogP contribution in [0, 0.1) is 17.8 Å². The van der Waals surface area contributed by atoms with E-state index >= 15 is 0 Å².